The Hall–Kier alpha value is -2.56. The van der Waals surface area contributed by atoms with Gasteiger partial charge in [0, 0.05) is 18.0 Å². The minimum Gasteiger partial charge on any atom is -0.480 e. The molecule has 0 atom stereocenters. The zero-order valence-corrected chi connectivity index (χ0v) is 11.2. The number of aromatic nitrogens is 1. The van der Waals surface area contributed by atoms with E-state index >= 15 is 0 Å². The summed E-state index contributed by atoms with van der Waals surface area (Å²) in [6, 6.07) is 8.91. The zero-order valence-electron chi connectivity index (χ0n) is 11.2. The second-order valence-electron chi connectivity index (χ2n) is 4.36. The van der Waals surface area contributed by atoms with Crippen molar-refractivity contribution in [3.8, 4) is 5.75 Å². The number of pyridine rings is 1. The van der Waals surface area contributed by atoms with Crippen molar-refractivity contribution in [1.29, 1.82) is 0 Å². The molecular formula is C15H16N2O3. The molecule has 1 aromatic heterocycles. The maximum atomic E-state index is 11.6. The van der Waals surface area contributed by atoms with Crippen molar-refractivity contribution < 1.29 is 14.3 Å². The van der Waals surface area contributed by atoms with Crippen LogP contribution in [0.3, 0.4) is 0 Å². The van der Waals surface area contributed by atoms with Crippen LogP contribution in [0, 0.1) is 6.92 Å². The third-order valence-corrected chi connectivity index (χ3v) is 2.60. The fourth-order valence-corrected chi connectivity index (χ4v) is 1.65. The SMILES string of the molecule is Cc1cncc(COC(=O)COc2ccccc2N)c1. The van der Waals surface area contributed by atoms with Gasteiger partial charge < -0.3 is 15.2 Å². The Kier molecular flexibility index (Phi) is 4.55. The maximum absolute atomic E-state index is 11.6. The van der Waals surface area contributed by atoms with Crippen LogP contribution in [0.5, 0.6) is 5.75 Å². The molecule has 0 saturated heterocycles. The number of rotatable bonds is 5. The summed E-state index contributed by atoms with van der Waals surface area (Å²) >= 11 is 0. The van der Waals surface area contributed by atoms with Gasteiger partial charge in [0.1, 0.15) is 12.4 Å². The largest absolute Gasteiger partial charge is 0.480 e. The number of para-hydroxylation sites is 2. The number of anilines is 1. The minimum absolute atomic E-state index is 0.173. The van der Waals surface area contributed by atoms with Crippen molar-refractivity contribution >= 4 is 11.7 Å². The van der Waals surface area contributed by atoms with Gasteiger partial charge in [0.25, 0.3) is 0 Å². The number of aryl methyl sites for hydroxylation is 1. The first kappa shape index (κ1) is 13.9. The number of hydrogen-bond acceptors (Lipinski definition) is 5. The monoisotopic (exact) mass is 272 g/mol. The molecule has 0 unspecified atom stereocenters. The van der Waals surface area contributed by atoms with Crippen LogP contribution in [0.15, 0.2) is 42.7 Å². The Morgan fingerprint density at radius 3 is 2.85 bits per heavy atom. The standard InChI is InChI=1S/C15H16N2O3/c1-11-6-12(8-17-7-11)9-20-15(18)10-19-14-5-3-2-4-13(14)16/h2-8H,9-10,16H2,1H3. The molecule has 0 bridgehead atoms. The van der Waals surface area contributed by atoms with Gasteiger partial charge >= 0.3 is 5.97 Å². The van der Waals surface area contributed by atoms with E-state index in [1.165, 1.54) is 0 Å². The van der Waals surface area contributed by atoms with E-state index in [0.29, 0.717) is 11.4 Å². The number of nitrogen functional groups attached to an aromatic ring is 1. The Bertz CT molecular complexity index is 599. The molecule has 0 fully saturated rings. The lowest BCUT2D eigenvalue weighted by atomic mass is 10.2. The van der Waals surface area contributed by atoms with Gasteiger partial charge in [0.15, 0.2) is 6.61 Å². The van der Waals surface area contributed by atoms with Crippen LogP contribution in [0.1, 0.15) is 11.1 Å². The van der Waals surface area contributed by atoms with Crippen molar-refractivity contribution in [2.24, 2.45) is 0 Å². The fourth-order valence-electron chi connectivity index (χ4n) is 1.65. The molecule has 0 amide bonds. The van der Waals surface area contributed by atoms with E-state index in [0.717, 1.165) is 11.1 Å². The lowest BCUT2D eigenvalue weighted by molar-refractivity contribution is -0.147. The number of carbonyl (C=O) groups excluding carboxylic acids is 1. The molecule has 0 spiro atoms. The summed E-state index contributed by atoms with van der Waals surface area (Å²) < 4.78 is 10.4. The third-order valence-electron chi connectivity index (χ3n) is 2.60. The van der Waals surface area contributed by atoms with Gasteiger partial charge in [0.2, 0.25) is 0 Å². The molecule has 5 nitrogen and oxygen atoms in total. The van der Waals surface area contributed by atoms with Gasteiger partial charge in [-0.2, -0.15) is 0 Å². The molecular weight excluding hydrogens is 256 g/mol. The highest BCUT2D eigenvalue weighted by atomic mass is 16.6. The Morgan fingerprint density at radius 1 is 1.30 bits per heavy atom. The molecule has 0 saturated carbocycles. The molecule has 20 heavy (non-hydrogen) atoms. The van der Waals surface area contributed by atoms with Crippen molar-refractivity contribution in [2.45, 2.75) is 13.5 Å². The van der Waals surface area contributed by atoms with E-state index in [4.69, 9.17) is 15.2 Å². The number of hydrogen-bond donors (Lipinski definition) is 1. The van der Waals surface area contributed by atoms with E-state index in [1.54, 1.807) is 36.7 Å². The van der Waals surface area contributed by atoms with Crippen molar-refractivity contribution in [1.82, 2.24) is 4.98 Å². The molecule has 1 aromatic carbocycles. The van der Waals surface area contributed by atoms with E-state index in [9.17, 15) is 4.79 Å². The van der Waals surface area contributed by atoms with Gasteiger partial charge in [-0.15, -0.1) is 0 Å². The van der Waals surface area contributed by atoms with E-state index in [2.05, 4.69) is 4.98 Å². The first-order valence-electron chi connectivity index (χ1n) is 6.18. The van der Waals surface area contributed by atoms with Gasteiger partial charge in [-0.25, -0.2) is 4.79 Å². The molecule has 2 N–H and O–H groups in total. The highest BCUT2D eigenvalue weighted by Crippen LogP contribution is 2.19. The quantitative estimate of drug-likeness (QED) is 0.666. The number of nitrogens with two attached hydrogens (primary N) is 1. The number of benzene rings is 1. The minimum atomic E-state index is -0.449. The zero-order chi connectivity index (χ0) is 14.4. The number of ether oxygens (including phenoxy) is 2. The topological polar surface area (TPSA) is 74.4 Å². The summed E-state index contributed by atoms with van der Waals surface area (Å²) in [6.45, 7) is 1.94. The number of esters is 1. The Balaban J connectivity index is 1.80. The molecule has 5 heteroatoms. The predicted molar refractivity (Wildman–Crippen MR) is 75.1 cm³/mol. The van der Waals surface area contributed by atoms with Crippen molar-refractivity contribution in [3.05, 3.63) is 53.9 Å². The van der Waals surface area contributed by atoms with Crippen LogP contribution in [-0.2, 0) is 16.1 Å². The van der Waals surface area contributed by atoms with E-state index in [-0.39, 0.29) is 13.2 Å². The smallest absolute Gasteiger partial charge is 0.344 e. The van der Waals surface area contributed by atoms with Crippen LogP contribution in [0.4, 0.5) is 5.69 Å². The summed E-state index contributed by atoms with van der Waals surface area (Å²) in [5.41, 5.74) is 8.06. The van der Waals surface area contributed by atoms with Crippen LogP contribution in [0.25, 0.3) is 0 Å². The van der Waals surface area contributed by atoms with Gasteiger partial charge in [0.05, 0.1) is 5.69 Å². The Labute approximate surface area is 117 Å². The van der Waals surface area contributed by atoms with Crippen LogP contribution < -0.4 is 10.5 Å². The highest BCUT2D eigenvalue weighted by molar-refractivity contribution is 5.71. The second kappa shape index (κ2) is 6.56. The maximum Gasteiger partial charge on any atom is 0.344 e. The average Bonchev–Trinajstić information content (AvgIpc) is 2.44. The molecule has 0 aliphatic rings. The van der Waals surface area contributed by atoms with Crippen LogP contribution >= 0.6 is 0 Å². The molecule has 0 aliphatic heterocycles. The highest BCUT2D eigenvalue weighted by Gasteiger charge is 2.06. The summed E-state index contributed by atoms with van der Waals surface area (Å²) in [4.78, 5) is 15.6. The van der Waals surface area contributed by atoms with Gasteiger partial charge in [-0.05, 0) is 30.7 Å². The predicted octanol–water partition coefficient (Wildman–Crippen LogP) is 2.09. The van der Waals surface area contributed by atoms with Crippen molar-refractivity contribution in [3.63, 3.8) is 0 Å². The molecule has 0 radical (unpaired) electrons. The summed E-state index contributed by atoms with van der Waals surface area (Å²) in [5.74, 6) is 0.0245. The summed E-state index contributed by atoms with van der Waals surface area (Å²) in [7, 11) is 0. The van der Waals surface area contributed by atoms with Crippen LogP contribution in [-0.4, -0.2) is 17.6 Å². The molecule has 1 heterocycles. The molecule has 2 rings (SSSR count). The lowest BCUT2D eigenvalue weighted by Gasteiger charge is -2.08. The third kappa shape index (κ3) is 3.98. The lowest BCUT2D eigenvalue weighted by Crippen LogP contribution is -2.15. The molecule has 2 aromatic rings. The van der Waals surface area contributed by atoms with Crippen LogP contribution in [0.2, 0.25) is 0 Å². The van der Waals surface area contributed by atoms with E-state index < -0.39 is 5.97 Å². The average molecular weight is 272 g/mol. The van der Waals surface area contributed by atoms with E-state index in [1.807, 2.05) is 13.0 Å². The van der Waals surface area contributed by atoms with Gasteiger partial charge in [-0.3, -0.25) is 4.98 Å². The van der Waals surface area contributed by atoms with Crippen molar-refractivity contribution in [2.75, 3.05) is 12.3 Å². The first-order chi connectivity index (χ1) is 9.65. The second-order valence-corrected chi connectivity index (χ2v) is 4.36. The molecule has 104 valence electrons. The number of nitrogens with zero attached hydrogens (tertiary/aromatic N) is 1. The summed E-state index contributed by atoms with van der Waals surface area (Å²) in [6.07, 6.45) is 3.41. The number of carbonyl (C=O) groups is 1. The van der Waals surface area contributed by atoms with Gasteiger partial charge in [-0.1, -0.05) is 12.1 Å². The normalized spacial score (nSPS) is 10.1. The summed E-state index contributed by atoms with van der Waals surface area (Å²) in [5, 5.41) is 0. The first-order valence-corrected chi connectivity index (χ1v) is 6.18. The Morgan fingerprint density at radius 2 is 2.10 bits per heavy atom. The fraction of sp³-hybridized carbons (Fsp3) is 0.200. The molecule has 0 aliphatic carbocycles.